The minimum atomic E-state index is 1.27. The Morgan fingerprint density at radius 2 is 0.417 bits per heavy atom. The summed E-state index contributed by atoms with van der Waals surface area (Å²) >= 11 is 0. The molecule has 0 unspecified atom stereocenters. The summed E-state index contributed by atoms with van der Waals surface area (Å²) < 4.78 is 0. The maximum absolute atomic E-state index is 2.49. The fourth-order valence-corrected chi connectivity index (χ4v) is 11.2. The van der Waals surface area contributed by atoms with Gasteiger partial charge in [-0.15, -0.1) is 0 Å². The molecule has 0 spiro atoms. The van der Waals surface area contributed by atoms with Crippen molar-refractivity contribution >= 4 is 118 Å². The van der Waals surface area contributed by atoms with Gasteiger partial charge in [0.15, 0.2) is 0 Å². The van der Waals surface area contributed by atoms with Crippen molar-refractivity contribution in [1.29, 1.82) is 0 Å². The molecule has 0 N–H and O–H groups in total. The van der Waals surface area contributed by atoms with E-state index in [1.165, 1.54) is 141 Å². The normalized spacial score (nSPS) is 12.3. The maximum Gasteiger partial charge on any atom is -0.00199 e. The van der Waals surface area contributed by atoms with Gasteiger partial charge in [0.25, 0.3) is 0 Å². The molecular weight excluding hydrogens is 721 g/mol. The maximum atomic E-state index is 2.49. The van der Waals surface area contributed by atoms with Crippen molar-refractivity contribution in [3.63, 3.8) is 0 Å². The van der Waals surface area contributed by atoms with Crippen LogP contribution in [0.5, 0.6) is 0 Å². The topological polar surface area (TPSA) is 0 Å². The van der Waals surface area contributed by atoms with E-state index in [2.05, 4.69) is 206 Å². The van der Waals surface area contributed by atoms with E-state index in [0.717, 1.165) is 0 Å². The second-order valence-electron chi connectivity index (χ2n) is 16.6. The van der Waals surface area contributed by atoms with Gasteiger partial charge in [-0.3, -0.25) is 0 Å². The molecule has 14 aromatic carbocycles. The highest BCUT2D eigenvalue weighted by molar-refractivity contribution is 6.36. The zero-order valence-electron chi connectivity index (χ0n) is 32.6. The first-order valence-electron chi connectivity index (χ1n) is 21.0. The first-order chi connectivity index (χ1) is 29.8. The van der Waals surface area contributed by atoms with Crippen molar-refractivity contribution in [1.82, 2.24) is 0 Å². The number of fused-ring (bicyclic) bond motifs is 16. The lowest BCUT2D eigenvalue weighted by atomic mass is 9.83. The molecule has 14 aromatic rings. The van der Waals surface area contributed by atoms with Gasteiger partial charge in [0.05, 0.1) is 0 Å². The van der Waals surface area contributed by atoms with E-state index >= 15 is 0 Å². The Balaban J connectivity index is 1.09. The molecule has 0 aliphatic rings. The summed E-state index contributed by atoms with van der Waals surface area (Å²) in [6.07, 6.45) is 0. The largest absolute Gasteiger partial charge is 0.0616 e. The third-order valence-electron chi connectivity index (χ3n) is 13.7. The molecule has 0 nitrogen and oxygen atoms in total. The van der Waals surface area contributed by atoms with Crippen molar-refractivity contribution in [3.05, 3.63) is 206 Å². The average molecular weight is 755 g/mol. The lowest BCUT2D eigenvalue weighted by Crippen LogP contribution is -1.92. The molecule has 0 aliphatic heterocycles. The summed E-state index contributed by atoms with van der Waals surface area (Å²) in [6, 6.07) is 77.6. The molecule has 0 heteroatoms. The second kappa shape index (κ2) is 11.9. The Kier molecular flexibility index (Phi) is 6.38. The lowest BCUT2D eigenvalue weighted by Gasteiger charge is -2.20. The van der Waals surface area contributed by atoms with Gasteiger partial charge in [0.1, 0.15) is 0 Å². The van der Waals surface area contributed by atoms with Gasteiger partial charge in [0, 0.05) is 0 Å². The highest BCUT2D eigenvalue weighted by Gasteiger charge is 2.21. The van der Waals surface area contributed by atoms with Crippen molar-refractivity contribution < 1.29 is 0 Å². The molecule has 274 valence electrons. The second-order valence-corrected chi connectivity index (χ2v) is 16.6. The van der Waals surface area contributed by atoms with Crippen LogP contribution in [0, 0.1) is 0 Å². The molecule has 0 fully saturated rings. The van der Waals surface area contributed by atoms with E-state index < -0.39 is 0 Å². The van der Waals surface area contributed by atoms with Crippen LogP contribution in [0.25, 0.3) is 141 Å². The minimum Gasteiger partial charge on any atom is -0.0616 e. The van der Waals surface area contributed by atoms with Gasteiger partial charge in [0.2, 0.25) is 0 Å². The van der Waals surface area contributed by atoms with E-state index in [-0.39, 0.29) is 0 Å². The highest BCUT2D eigenvalue weighted by atomic mass is 14.2. The third kappa shape index (κ3) is 4.19. The summed E-state index contributed by atoms with van der Waals surface area (Å²) in [5.41, 5.74) is 5.09. The Bertz CT molecular complexity index is 3900. The molecule has 0 bridgehead atoms. The first-order valence-corrected chi connectivity index (χ1v) is 21.0. The van der Waals surface area contributed by atoms with Crippen LogP contribution in [0.15, 0.2) is 206 Å². The summed E-state index contributed by atoms with van der Waals surface area (Å²) in [6.45, 7) is 0. The smallest absolute Gasteiger partial charge is 0.00199 e. The van der Waals surface area contributed by atoms with E-state index in [1.54, 1.807) is 0 Å². The van der Waals surface area contributed by atoms with Crippen molar-refractivity contribution in [2.45, 2.75) is 0 Å². The molecule has 0 saturated heterocycles. The zero-order valence-corrected chi connectivity index (χ0v) is 32.6. The first kappa shape index (κ1) is 32.2. The molecule has 14 rings (SSSR count). The summed E-state index contributed by atoms with van der Waals surface area (Å²) in [5.74, 6) is 0. The van der Waals surface area contributed by atoms with Gasteiger partial charge in [-0.25, -0.2) is 0 Å². The van der Waals surface area contributed by atoms with E-state index in [4.69, 9.17) is 0 Å². The Labute approximate surface area is 345 Å². The molecule has 0 saturated carbocycles. The number of hydrogen-bond acceptors (Lipinski definition) is 0. The number of hydrogen-bond donors (Lipinski definition) is 0. The van der Waals surface area contributed by atoms with E-state index in [9.17, 15) is 0 Å². The summed E-state index contributed by atoms with van der Waals surface area (Å²) in [7, 11) is 0. The van der Waals surface area contributed by atoms with Crippen LogP contribution in [0.3, 0.4) is 0 Å². The van der Waals surface area contributed by atoms with E-state index in [1.807, 2.05) is 0 Å². The van der Waals surface area contributed by atoms with Crippen LogP contribution < -0.4 is 0 Å². The molecule has 60 heavy (non-hydrogen) atoms. The highest BCUT2D eigenvalue weighted by Crippen LogP contribution is 2.49. The molecule has 0 radical (unpaired) electrons. The predicted octanol–water partition coefficient (Wildman–Crippen LogP) is 17.1. The van der Waals surface area contributed by atoms with E-state index in [0.29, 0.717) is 0 Å². The van der Waals surface area contributed by atoms with Crippen LogP contribution in [0.2, 0.25) is 0 Å². The van der Waals surface area contributed by atoms with Crippen LogP contribution in [0.1, 0.15) is 0 Å². The average Bonchev–Trinajstić information content (AvgIpc) is 3.32. The third-order valence-corrected chi connectivity index (χ3v) is 13.7. The lowest BCUT2D eigenvalue weighted by molar-refractivity contribution is 1.71. The molecule has 0 heterocycles. The van der Waals surface area contributed by atoms with Gasteiger partial charge in [-0.05, 0) is 153 Å². The van der Waals surface area contributed by atoms with Gasteiger partial charge >= 0.3 is 0 Å². The quantitative estimate of drug-likeness (QED) is 0.154. The van der Waals surface area contributed by atoms with Gasteiger partial charge < -0.3 is 0 Å². The molecule has 0 aliphatic carbocycles. The van der Waals surface area contributed by atoms with Crippen molar-refractivity contribution in [2.24, 2.45) is 0 Å². The Hall–Kier alpha value is -7.80. The number of rotatable bonds is 2. The van der Waals surface area contributed by atoms with Crippen LogP contribution in [-0.4, -0.2) is 0 Å². The van der Waals surface area contributed by atoms with Gasteiger partial charge in [-0.1, -0.05) is 194 Å². The molecular formula is C60H34. The monoisotopic (exact) mass is 754 g/mol. The molecule has 0 amide bonds. The molecule has 0 aromatic heterocycles. The fraction of sp³-hybridized carbons (Fsp3) is 0. The van der Waals surface area contributed by atoms with Crippen molar-refractivity contribution in [2.75, 3.05) is 0 Å². The standard InChI is InChI=1S/C60H34/c1-3-17-41-37(13-1)39-15-5-9-21-47(39)59-49-23-11-7-19-43(49)53(33-55(41)59)45-29-25-35-28-32-52-46(30-26-36-27-31-51(45)57(35)58(36)52)54-34-56-42-18-4-2-14-38(42)40-16-6-10-22-48(40)60(56)50-24-12-8-20-44(50)54/h1-34H. The van der Waals surface area contributed by atoms with Gasteiger partial charge in [-0.2, -0.15) is 0 Å². The van der Waals surface area contributed by atoms with Crippen molar-refractivity contribution in [3.8, 4) is 22.3 Å². The summed E-state index contributed by atoms with van der Waals surface area (Å²) in [5, 5.41) is 28.6. The predicted molar refractivity (Wildman–Crippen MR) is 261 cm³/mol. The van der Waals surface area contributed by atoms with Crippen LogP contribution in [0.4, 0.5) is 0 Å². The fourth-order valence-electron chi connectivity index (χ4n) is 11.2. The van der Waals surface area contributed by atoms with Crippen LogP contribution >= 0.6 is 0 Å². The Morgan fingerprint density at radius 1 is 0.150 bits per heavy atom. The summed E-state index contributed by atoms with van der Waals surface area (Å²) in [4.78, 5) is 0. The SMILES string of the molecule is c1ccc2c(c1)c(-c1ccc3ccc4c(-c5cc6c7ccccc7c7ccccc7c6c6ccccc56)ccc5ccc1c3c54)cc1c3ccccc3c3ccccc3c21. The number of benzene rings is 14. The molecule has 0 atom stereocenters. The Morgan fingerprint density at radius 3 is 0.783 bits per heavy atom. The minimum absolute atomic E-state index is 1.27. The van der Waals surface area contributed by atoms with Crippen LogP contribution in [-0.2, 0) is 0 Å². The zero-order chi connectivity index (χ0) is 39.1.